The summed E-state index contributed by atoms with van der Waals surface area (Å²) in [5.74, 6) is -0.932. The second-order valence-electron chi connectivity index (χ2n) is 7.75. The molecule has 0 aliphatic rings. The zero-order valence-electron chi connectivity index (χ0n) is 17.5. The van der Waals surface area contributed by atoms with Crippen LogP contribution < -0.4 is 21.3 Å². The molecule has 0 bridgehead atoms. The number of amides is 4. The highest BCUT2D eigenvalue weighted by Crippen LogP contribution is 2.17. The lowest BCUT2D eigenvalue weighted by atomic mass is 9.92. The van der Waals surface area contributed by atoms with Crippen LogP contribution in [-0.2, 0) is 19.2 Å². The topological polar surface area (TPSA) is 116 Å². The van der Waals surface area contributed by atoms with Gasteiger partial charge in [-0.25, -0.2) is 0 Å². The third kappa shape index (κ3) is 12.0. The van der Waals surface area contributed by atoms with Gasteiger partial charge in [-0.1, -0.05) is 41.5 Å². The van der Waals surface area contributed by atoms with Crippen LogP contribution in [0.25, 0.3) is 0 Å². The highest BCUT2D eigenvalue weighted by molar-refractivity contribution is 5.82. The average Bonchev–Trinajstić information content (AvgIpc) is 2.57. The molecule has 1 atom stereocenters. The molecule has 27 heavy (non-hydrogen) atoms. The first-order valence-electron chi connectivity index (χ1n) is 9.64. The molecule has 156 valence electrons. The van der Waals surface area contributed by atoms with Gasteiger partial charge < -0.3 is 21.3 Å². The zero-order valence-corrected chi connectivity index (χ0v) is 17.5. The molecular formula is C19H36N4O4. The van der Waals surface area contributed by atoms with E-state index in [1.807, 2.05) is 13.8 Å². The van der Waals surface area contributed by atoms with Gasteiger partial charge in [0.25, 0.3) is 0 Å². The molecule has 4 N–H and O–H groups in total. The molecule has 1 unspecified atom stereocenters. The van der Waals surface area contributed by atoms with Crippen LogP contribution in [0.4, 0.5) is 0 Å². The summed E-state index contributed by atoms with van der Waals surface area (Å²) in [5.41, 5.74) is 0. The largest absolute Gasteiger partial charge is 0.339 e. The van der Waals surface area contributed by atoms with Crippen LogP contribution in [0, 0.1) is 23.7 Å². The average molecular weight is 385 g/mol. The molecule has 8 nitrogen and oxygen atoms in total. The zero-order chi connectivity index (χ0) is 21.0. The van der Waals surface area contributed by atoms with E-state index in [0.29, 0.717) is 18.8 Å². The Balaban J connectivity index is 4.35. The van der Waals surface area contributed by atoms with E-state index < -0.39 is 0 Å². The number of carbonyl (C=O) groups excluding carboxylic acids is 4. The molecule has 0 aliphatic carbocycles. The summed E-state index contributed by atoms with van der Waals surface area (Å²) in [6, 6.07) is 0. The van der Waals surface area contributed by atoms with Gasteiger partial charge in [-0.2, -0.15) is 0 Å². The van der Waals surface area contributed by atoms with Gasteiger partial charge in [0.05, 0.1) is 13.3 Å². The van der Waals surface area contributed by atoms with Crippen LogP contribution in [0.3, 0.4) is 0 Å². The summed E-state index contributed by atoms with van der Waals surface area (Å²) >= 11 is 0. The quantitative estimate of drug-likeness (QED) is 0.377. The van der Waals surface area contributed by atoms with Crippen molar-refractivity contribution in [3.63, 3.8) is 0 Å². The standard InChI is InChI=1S/C19H36N4O4/c1-12(2)9-15(19(27)23-11-22-18(26)14(5)6)7-8-16(24)20-10-21-17(25)13(3)4/h12-15H,7-11H2,1-6H3,(H,20,24)(H,21,25)(H,22,26)(H,23,27). The molecular weight excluding hydrogens is 348 g/mol. The highest BCUT2D eigenvalue weighted by Gasteiger charge is 2.21. The predicted molar refractivity (Wildman–Crippen MR) is 104 cm³/mol. The molecule has 4 amide bonds. The van der Waals surface area contributed by atoms with Crippen molar-refractivity contribution in [2.75, 3.05) is 13.3 Å². The number of nitrogens with one attached hydrogen (secondary N) is 4. The van der Waals surface area contributed by atoms with Gasteiger partial charge in [0.2, 0.25) is 23.6 Å². The lowest BCUT2D eigenvalue weighted by Crippen LogP contribution is -2.42. The molecule has 0 aromatic carbocycles. The Bertz CT molecular complexity index is 504. The van der Waals surface area contributed by atoms with Crippen LogP contribution in [0.2, 0.25) is 0 Å². The highest BCUT2D eigenvalue weighted by atomic mass is 16.2. The van der Waals surface area contributed by atoms with Crippen molar-refractivity contribution in [3.8, 4) is 0 Å². The van der Waals surface area contributed by atoms with Crippen molar-refractivity contribution in [2.24, 2.45) is 23.7 Å². The number of carbonyl (C=O) groups is 4. The second-order valence-corrected chi connectivity index (χ2v) is 7.75. The number of rotatable bonds is 12. The van der Waals surface area contributed by atoms with Crippen LogP contribution in [0.5, 0.6) is 0 Å². The van der Waals surface area contributed by atoms with E-state index in [-0.39, 0.29) is 61.1 Å². The van der Waals surface area contributed by atoms with Gasteiger partial charge in [-0.05, 0) is 18.8 Å². The first-order valence-corrected chi connectivity index (χ1v) is 9.64. The molecule has 0 saturated heterocycles. The van der Waals surface area contributed by atoms with Crippen molar-refractivity contribution in [3.05, 3.63) is 0 Å². The third-order valence-corrected chi connectivity index (χ3v) is 3.97. The molecule has 0 heterocycles. The number of hydrogen-bond acceptors (Lipinski definition) is 4. The van der Waals surface area contributed by atoms with E-state index in [4.69, 9.17) is 0 Å². The minimum atomic E-state index is -0.308. The smallest absolute Gasteiger partial charge is 0.224 e. The molecule has 0 rings (SSSR count). The predicted octanol–water partition coefficient (Wildman–Crippen LogP) is 1.12. The van der Waals surface area contributed by atoms with Crippen molar-refractivity contribution in [1.29, 1.82) is 0 Å². The number of hydrogen-bond donors (Lipinski definition) is 4. The first kappa shape index (κ1) is 24.9. The fraction of sp³-hybridized carbons (Fsp3) is 0.789. The van der Waals surface area contributed by atoms with Gasteiger partial charge in [0.1, 0.15) is 0 Å². The normalized spacial score (nSPS) is 12.0. The summed E-state index contributed by atoms with van der Waals surface area (Å²) < 4.78 is 0. The molecule has 0 fully saturated rings. The Morgan fingerprint density at radius 1 is 0.667 bits per heavy atom. The van der Waals surface area contributed by atoms with Crippen molar-refractivity contribution >= 4 is 23.6 Å². The van der Waals surface area contributed by atoms with E-state index in [9.17, 15) is 19.2 Å². The summed E-state index contributed by atoms with van der Waals surface area (Å²) in [7, 11) is 0. The monoisotopic (exact) mass is 384 g/mol. The summed E-state index contributed by atoms with van der Waals surface area (Å²) in [5, 5.41) is 10.6. The van der Waals surface area contributed by atoms with Gasteiger partial charge in [-0.3, -0.25) is 19.2 Å². The maximum atomic E-state index is 12.4. The van der Waals surface area contributed by atoms with Crippen LogP contribution in [-0.4, -0.2) is 37.0 Å². The molecule has 0 saturated carbocycles. The third-order valence-electron chi connectivity index (χ3n) is 3.97. The minimum absolute atomic E-state index is 0.0812. The Kier molecular flexibility index (Phi) is 12.1. The summed E-state index contributed by atoms with van der Waals surface area (Å²) in [6.45, 7) is 11.3. The Labute approximate surface area is 162 Å². The van der Waals surface area contributed by atoms with Gasteiger partial charge in [0.15, 0.2) is 0 Å². The van der Waals surface area contributed by atoms with Gasteiger partial charge >= 0.3 is 0 Å². The lowest BCUT2D eigenvalue weighted by molar-refractivity contribution is -0.127. The van der Waals surface area contributed by atoms with E-state index in [0.717, 1.165) is 0 Å². The van der Waals surface area contributed by atoms with E-state index in [2.05, 4.69) is 21.3 Å². The van der Waals surface area contributed by atoms with Crippen molar-refractivity contribution < 1.29 is 19.2 Å². The van der Waals surface area contributed by atoms with Crippen LogP contribution >= 0.6 is 0 Å². The Hall–Kier alpha value is -2.12. The van der Waals surface area contributed by atoms with Gasteiger partial charge in [-0.15, -0.1) is 0 Å². The Morgan fingerprint density at radius 3 is 1.56 bits per heavy atom. The molecule has 0 radical (unpaired) electrons. The Morgan fingerprint density at radius 2 is 1.11 bits per heavy atom. The van der Waals surface area contributed by atoms with Gasteiger partial charge in [0, 0.05) is 24.2 Å². The summed E-state index contributed by atoms with van der Waals surface area (Å²) in [4.78, 5) is 47.3. The minimum Gasteiger partial charge on any atom is -0.339 e. The molecule has 8 heteroatoms. The SMILES string of the molecule is CC(C)CC(CCC(=O)NCNC(=O)C(C)C)C(=O)NCNC(=O)C(C)C. The lowest BCUT2D eigenvalue weighted by Gasteiger charge is -2.19. The van der Waals surface area contributed by atoms with E-state index in [1.54, 1.807) is 27.7 Å². The fourth-order valence-corrected chi connectivity index (χ4v) is 2.32. The molecule has 0 aliphatic heterocycles. The van der Waals surface area contributed by atoms with Crippen molar-refractivity contribution in [1.82, 2.24) is 21.3 Å². The van der Waals surface area contributed by atoms with E-state index in [1.165, 1.54) is 0 Å². The van der Waals surface area contributed by atoms with Crippen molar-refractivity contribution in [2.45, 2.75) is 60.8 Å². The molecule has 0 aromatic heterocycles. The van der Waals surface area contributed by atoms with E-state index >= 15 is 0 Å². The maximum Gasteiger partial charge on any atom is 0.224 e. The van der Waals surface area contributed by atoms with Crippen LogP contribution in [0.15, 0.2) is 0 Å². The summed E-state index contributed by atoms with van der Waals surface area (Å²) in [6.07, 6.45) is 1.26. The molecule has 0 spiro atoms. The maximum absolute atomic E-state index is 12.4. The molecule has 0 aromatic rings. The first-order chi connectivity index (χ1) is 12.5. The van der Waals surface area contributed by atoms with Crippen LogP contribution in [0.1, 0.15) is 60.8 Å². The second kappa shape index (κ2) is 13.1. The fourth-order valence-electron chi connectivity index (χ4n) is 2.32.